The maximum atomic E-state index is 11.4. The summed E-state index contributed by atoms with van der Waals surface area (Å²) in [6.45, 7) is 9.76. The second-order valence-electron chi connectivity index (χ2n) is 3.56. The van der Waals surface area contributed by atoms with Crippen LogP contribution in [0.15, 0.2) is 29.8 Å². The Morgan fingerprint density at radius 2 is 1.65 bits per heavy atom. The molecule has 0 aliphatic heterocycles. The van der Waals surface area contributed by atoms with Crippen molar-refractivity contribution in [3.8, 4) is 0 Å². The first-order valence-corrected chi connectivity index (χ1v) is 5.89. The molecule has 0 spiro atoms. The molecule has 0 unspecified atom stereocenters. The largest absolute Gasteiger partial charge is 0.466 e. The van der Waals surface area contributed by atoms with Gasteiger partial charge in [-0.25, -0.2) is 4.79 Å². The fraction of sp³-hybridized carbons (Fsp3) is 0.400. The van der Waals surface area contributed by atoms with Crippen LogP contribution in [0.4, 0.5) is 0 Å². The van der Waals surface area contributed by atoms with Gasteiger partial charge in [0, 0.05) is 5.57 Å². The molecule has 0 saturated carbocycles. The zero-order valence-corrected chi connectivity index (χ0v) is 11.6. The fourth-order valence-electron chi connectivity index (χ4n) is 1.50. The highest BCUT2D eigenvalue weighted by Crippen LogP contribution is 2.21. The van der Waals surface area contributed by atoms with Crippen LogP contribution in [0.1, 0.15) is 38.8 Å². The summed E-state index contributed by atoms with van der Waals surface area (Å²) in [5.74, 6) is -0.268. The molecule has 17 heavy (non-hydrogen) atoms. The summed E-state index contributed by atoms with van der Waals surface area (Å²) in [4.78, 5) is 11.4. The van der Waals surface area contributed by atoms with E-state index in [-0.39, 0.29) is 5.97 Å². The number of carbonyl (C=O) groups is 1. The van der Waals surface area contributed by atoms with Crippen molar-refractivity contribution in [2.45, 2.75) is 34.6 Å². The maximum absolute atomic E-state index is 11.4. The molecule has 0 heterocycles. The molecule has 2 nitrogen and oxygen atoms in total. The van der Waals surface area contributed by atoms with Gasteiger partial charge in [-0.1, -0.05) is 38.1 Å². The highest BCUT2D eigenvalue weighted by molar-refractivity contribution is 5.96. The minimum atomic E-state index is -0.268. The number of esters is 1. The summed E-state index contributed by atoms with van der Waals surface area (Å²) in [6.07, 6.45) is 0. The van der Waals surface area contributed by atoms with Gasteiger partial charge in [0.25, 0.3) is 0 Å². The third-order valence-corrected chi connectivity index (χ3v) is 2.60. The number of benzene rings is 1. The Morgan fingerprint density at radius 1 is 1.12 bits per heavy atom. The van der Waals surface area contributed by atoms with E-state index in [4.69, 9.17) is 4.74 Å². The quantitative estimate of drug-likeness (QED) is 0.571. The van der Waals surface area contributed by atoms with E-state index in [1.54, 1.807) is 6.92 Å². The van der Waals surface area contributed by atoms with E-state index in [0.29, 0.717) is 5.57 Å². The summed E-state index contributed by atoms with van der Waals surface area (Å²) >= 11 is 0. The Balaban J connectivity index is 0.00000121. The Bertz CT molecular complexity index is 403. The van der Waals surface area contributed by atoms with Crippen LogP contribution in [0.3, 0.4) is 0 Å². The van der Waals surface area contributed by atoms with Crippen LogP contribution < -0.4 is 0 Å². The number of hydrogen-bond donors (Lipinski definition) is 0. The van der Waals surface area contributed by atoms with Crippen molar-refractivity contribution in [1.29, 1.82) is 0 Å². The van der Waals surface area contributed by atoms with Crippen molar-refractivity contribution in [1.82, 2.24) is 0 Å². The van der Waals surface area contributed by atoms with E-state index in [2.05, 4.69) is 0 Å². The molecule has 94 valence electrons. The molecule has 0 saturated heterocycles. The molecule has 2 heteroatoms. The standard InChI is InChI=1S/C13H16O2.C2H6/c1-9-7-5-6-8-12(9)10(2)11(3)13(14)15-4;1-2/h5-8H,1-4H3;1-2H3/b11-10+;. The fourth-order valence-corrected chi connectivity index (χ4v) is 1.50. The molecule has 1 aromatic rings. The predicted molar refractivity (Wildman–Crippen MR) is 72.8 cm³/mol. The molecule has 0 radical (unpaired) electrons. The van der Waals surface area contributed by atoms with Gasteiger partial charge in [0.1, 0.15) is 0 Å². The van der Waals surface area contributed by atoms with Gasteiger partial charge in [-0.05, 0) is 37.5 Å². The summed E-state index contributed by atoms with van der Waals surface area (Å²) in [7, 11) is 1.40. The summed E-state index contributed by atoms with van der Waals surface area (Å²) < 4.78 is 4.70. The van der Waals surface area contributed by atoms with Gasteiger partial charge in [0.2, 0.25) is 0 Å². The Morgan fingerprint density at radius 3 is 2.12 bits per heavy atom. The third kappa shape index (κ3) is 4.06. The van der Waals surface area contributed by atoms with Gasteiger partial charge in [0.15, 0.2) is 0 Å². The Labute approximate surface area is 104 Å². The first-order chi connectivity index (χ1) is 8.07. The smallest absolute Gasteiger partial charge is 0.333 e. The highest BCUT2D eigenvalue weighted by atomic mass is 16.5. The predicted octanol–water partition coefficient (Wildman–Crippen LogP) is 3.99. The van der Waals surface area contributed by atoms with Crippen molar-refractivity contribution in [3.63, 3.8) is 0 Å². The third-order valence-electron chi connectivity index (χ3n) is 2.60. The SMILES string of the molecule is CC.COC(=O)/C(C)=C(\C)c1ccccc1C. The van der Waals surface area contributed by atoms with Crippen molar-refractivity contribution in [3.05, 3.63) is 41.0 Å². The molecule has 0 aliphatic carbocycles. The molecule has 1 aromatic carbocycles. The lowest BCUT2D eigenvalue weighted by molar-refractivity contribution is -0.135. The van der Waals surface area contributed by atoms with Crippen LogP contribution in [0.25, 0.3) is 5.57 Å². The molecule has 0 fully saturated rings. The van der Waals surface area contributed by atoms with E-state index < -0.39 is 0 Å². The molecular weight excluding hydrogens is 212 g/mol. The number of rotatable bonds is 2. The monoisotopic (exact) mass is 234 g/mol. The lowest BCUT2D eigenvalue weighted by Gasteiger charge is -2.09. The number of ether oxygens (including phenoxy) is 1. The van der Waals surface area contributed by atoms with Gasteiger partial charge < -0.3 is 4.74 Å². The topological polar surface area (TPSA) is 26.3 Å². The van der Waals surface area contributed by atoms with Gasteiger partial charge in [-0.15, -0.1) is 0 Å². The molecule has 0 amide bonds. The van der Waals surface area contributed by atoms with Crippen molar-refractivity contribution in [2.24, 2.45) is 0 Å². The van der Waals surface area contributed by atoms with Crippen LogP contribution >= 0.6 is 0 Å². The molecule has 0 atom stereocenters. The van der Waals surface area contributed by atoms with Crippen molar-refractivity contribution in [2.75, 3.05) is 7.11 Å². The number of hydrogen-bond acceptors (Lipinski definition) is 2. The number of allylic oxidation sites excluding steroid dienone is 1. The molecule has 0 aliphatic rings. The molecule has 0 N–H and O–H groups in total. The van der Waals surface area contributed by atoms with Crippen LogP contribution in [-0.2, 0) is 9.53 Å². The number of carbonyl (C=O) groups excluding carboxylic acids is 1. The average Bonchev–Trinajstić information content (AvgIpc) is 2.39. The Hall–Kier alpha value is -1.57. The second kappa shape index (κ2) is 7.66. The van der Waals surface area contributed by atoms with Gasteiger partial charge in [-0.2, -0.15) is 0 Å². The lowest BCUT2D eigenvalue weighted by atomic mass is 9.98. The van der Waals surface area contributed by atoms with Crippen molar-refractivity contribution >= 4 is 11.5 Å². The van der Waals surface area contributed by atoms with E-state index >= 15 is 0 Å². The van der Waals surface area contributed by atoms with Gasteiger partial charge in [-0.3, -0.25) is 0 Å². The maximum Gasteiger partial charge on any atom is 0.333 e. The Kier molecular flexibility index (Phi) is 6.95. The van der Waals surface area contributed by atoms with E-state index in [0.717, 1.165) is 11.1 Å². The molecule has 0 aromatic heterocycles. The molecule has 1 rings (SSSR count). The molecule has 0 bridgehead atoms. The lowest BCUT2D eigenvalue weighted by Crippen LogP contribution is -2.04. The molecular formula is C15H22O2. The van der Waals surface area contributed by atoms with Crippen LogP contribution in [0.5, 0.6) is 0 Å². The van der Waals surface area contributed by atoms with E-state index in [9.17, 15) is 4.79 Å². The average molecular weight is 234 g/mol. The highest BCUT2D eigenvalue weighted by Gasteiger charge is 2.10. The van der Waals surface area contributed by atoms with Crippen LogP contribution in [0, 0.1) is 6.92 Å². The minimum absolute atomic E-state index is 0.268. The van der Waals surface area contributed by atoms with E-state index in [1.165, 1.54) is 12.7 Å². The van der Waals surface area contributed by atoms with Crippen LogP contribution in [-0.4, -0.2) is 13.1 Å². The summed E-state index contributed by atoms with van der Waals surface area (Å²) in [6, 6.07) is 8.00. The van der Waals surface area contributed by atoms with Crippen LogP contribution in [0.2, 0.25) is 0 Å². The van der Waals surface area contributed by atoms with Gasteiger partial charge >= 0.3 is 5.97 Å². The normalized spacial score (nSPS) is 10.9. The minimum Gasteiger partial charge on any atom is -0.466 e. The second-order valence-corrected chi connectivity index (χ2v) is 3.56. The number of aryl methyl sites for hydroxylation is 1. The summed E-state index contributed by atoms with van der Waals surface area (Å²) in [5, 5.41) is 0. The zero-order valence-electron chi connectivity index (χ0n) is 11.6. The van der Waals surface area contributed by atoms with Crippen molar-refractivity contribution < 1.29 is 9.53 Å². The summed E-state index contributed by atoms with van der Waals surface area (Å²) in [5.41, 5.74) is 3.89. The zero-order chi connectivity index (χ0) is 13.4. The first kappa shape index (κ1) is 15.4. The first-order valence-electron chi connectivity index (χ1n) is 5.89. The van der Waals surface area contributed by atoms with Gasteiger partial charge in [0.05, 0.1) is 7.11 Å². The number of methoxy groups -OCH3 is 1. The van der Waals surface area contributed by atoms with E-state index in [1.807, 2.05) is 52.0 Å².